The summed E-state index contributed by atoms with van der Waals surface area (Å²) in [4.78, 5) is 1.37. The van der Waals surface area contributed by atoms with Gasteiger partial charge in [0.1, 0.15) is 11.5 Å². The van der Waals surface area contributed by atoms with Crippen molar-refractivity contribution in [2.24, 2.45) is 0 Å². The Hall–Kier alpha value is -0.580. The van der Waals surface area contributed by atoms with Gasteiger partial charge in [-0.3, -0.25) is 0 Å². The van der Waals surface area contributed by atoms with E-state index in [4.69, 9.17) is 4.42 Å². The standard InChI is InChI=1S/C14H18BrNOS/c1-3-6-16-13(14-5-4-10(2)17-14)8-12-7-11(15)9-18-12/h4-5,7,9,13,16H,3,6,8H2,1-2H3. The van der Waals surface area contributed by atoms with E-state index in [2.05, 4.69) is 45.7 Å². The molecule has 0 spiro atoms. The number of nitrogens with one attached hydrogen (secondary N) is 1. The first-order valence-electron chi connectivity index (χ1n) is 6.21. The topological polar surface area (TPSA) is 25.2 Å². The smallest absolute Gasteiger partial charge is 0.121 e. The van der Waals surface area contributed by atoms with E-state index < -0.39 is 0 Å². The van der Waals surface area contributed by atoms with Gasteiger partial charge in [-0.15, -0.1) is 11.3 Å². The van der Waals surface area contributed by atoms with Crippen LogP contribution in [0.15, 0.2) is 32.5 Å². The second-order valence-electron chi connectivity index (χ2n) is 4.39. The van der Waals surface area contributed by atoms with Crippen molar-refractivity contribution in [2.75, 3.05) is 6.54 Å². The van der Waals surface area contributed by atoms with E-state index in [0.29, 0.717) is 0 Å². The van der Waals surface area contributed by atoms with Crippen molar-refractivity contribution < 1.29 is 4.42 Å². The molecule has 0 saturated heterocycles. The molecule has 2 rings (SSSR count). The van der Waals surface area contributed by atoms with Crippen LogP contribution in [0, 0.1) is 6.92 Å². The van der Waals surface area contributed by atoms with E-state index in [-0.39, 0.29) is 6.04 Å². The van der Waals surface area contributed by atoms with Crippen LogP contribution in [0.3, 0.4) is 0 Å². The zero-order valence-corrected chi connectivity index (χ0v) is 13.1. The summed E-state index contributed by atoms with van der Waals surface area (Å²) < 4.78 is 6.91. The summed E-state index contributed by atoms with van der Waals surface area (Å²) in [5.41, 5.74) is 0. The van der Waals surface area contributed by atoms with E-state index in [9.17, 15) is 0 Å². The number of aryl methyl sites for hydroxylation is 1. The average Bonchev–Trinajstić information content (AvgIpc) is 2.93. The summed E-state index contributed by atoms with van der Waals surface area (Å²) in [6.07, 6.45) is 2.10. The molecule has 2 aromatic rings. The average molecular weight is 328 g/mol. The summed E-state index contributed by atoms with van der Waals surface area (Å²) in [5, 5.41) is 5.68. The fourth-order valence-electron chi connectivity index (χ4n) is 1.89. The van der Waals surface area contributed by atoms with E-state index in [0.717, 1.165) is 35.4 Å². The van der Waals surface area contributed by atoms with E-state index in [1.54, 1.807) is 11.3 Å². The zero-order chi connectivity index (χ0) is 13.0. The Labute approximate surface area is 121 Å². The maximum absolute atomic E-state index is 5.75. The molecule has 2 nitrogen and oxygen atoms in total. The molecule has 2 heterocycles. The zero-order valence-electron chi connectivity index (χ0n) is 10.7. The predicted octanol–water partition coefficient (Wildman–Crippen LogP) is 4.70. The molecule has 0 aliphatic carbocycles. The van der Waals surface area contributed by atoms with Gasteiger partial charge in [-0.2, -0.15) is 0 Å². The fraction of sp³-hybridized carbons (Fsp3) is 0.429. The largest absolute Gasteiger partial charge is 0.465 e. The van der Waals surface area contributed by atoms with Gasteiger partial charge in [-0.05, 0) is 54.0 Å². The van der Waals surface area contributed by atoms with Crippen molar-refractivity contribution in [1.29, 1.82) is 0 Å². The minimum absolute atomic E-state index is 0.268. The molecule has 1 atom stereocenters. The first-order valence-corrected chi connectivity index (χ1v) is 7.89. The van der Waals surface area contributed by atoms with Gasteiger partial charge in [-0.1, -0.05) is 6.92 Å². The second kappa shape index (κ2) is 6.55. The van der Waals surface area contributed by atoms with Crippen molar-refractivity contribution in [3.8, 4) is 0 Å². The van der Waals surface area contributed by atoms with Gasteiger partial charge >= 0.3 is 0 Å². The first-order chi connectivity index (χ1) is 8.69. The molecular formula is C14H18BrNOS. The van der Waals surface area contributed by atoms with Crippen LogP contribution in [0.25, 0.3) is 0 Å². The molecule has 0 fully saturated rings. The summed E-state index contributed by atoms with van der Waals surface area (Å²) in [6.45, 7) is 5.18. The van der Waals surface area contributed by atoms with Crippen molar-refractivity contribution in [3.63, 3.8) is 0 Å². The predicted molar refractivity (Wildman–Crippen MR) is 80.2 cm³/mol. The van der Waals surface area contributed by atoms with Crippen LogP contribution in [-0.4, -0.2) is 6.54 Å². The second-order valence-corrected chi connectivity index (χ2v) is 6.30. The highest BCUT2D eigenvalue weighted by Gasteiger charge is 2.16. The van der Waals surface area contributed by atoms with E-state index in [1.165, 1.54) is 4.88 Å². The molecule has 0 saturated carbocycles. The number of halogens is 1. The number of rotatable bonds is 6. The van der Waals surface area contributed by atoms with Crippen molar-refractivity contribution in [3.05, 3.63) is 44.4 Å². The quantitative estimate of drug-likeness (QED) is 0.832. The lowest BCUT2D eigenvalue weighted by Gasteiger charge is -2.15. The fourth-order valence-corrected chi connectivity index (χ4v) is 3.39. The number of furan rings is 1. The highest BCUT2D eigenvalue weighted by Crippen LogP contribution is 2.26. The minimum atomic E-state index is 0.268. The van der Waals surface area contributed by atoms with Crippen LogP contribution < -0.4 is 5.32 Å². The third-order valence-electron chi connectivity index (χ3n) is 2.77. The summed E-state index contributed by atoms with van der Waals surface area (Å²) >= 11 is 5.29. The molecule has 0 aliphatic rings. The maximum Gasteiger partial charge on any atom is 0.121 e. The monoisotopic (exact) mass is 327 g/mol. The molecule has 0 bridgehead atoms. The molecule has 0 amide bonds. The van der Waals surface area contributed by atoms with Gasteiger partial charge in [0.05, 0.1) is 6.04 Å². The maximum atomic E-state index is 5.75. The lowest BCUT2D eigenvalue weighted by molar-refractivity contribution is 0.399. The number of hydrogen-bond donors (Lipinski definition) is 1. The van der Waals surface area contributed by atoms with Crippen molar-refractivity contribution in [2.45, 2.75) is 32.7 Å². The highest BCUT2D eigenvalue weighted by atomic mass is 79.9. The molecular weight excluding hydrogens is 310 g/mol. The minimum Gasteiger partial charge on any atom is -0.465 e. The van der Waals surface area contributed by atoms with Gasteiger partial charge in [0.25, 0.3) is 0 Å². The van der Waals surface area contributed by atoms with Gasteiger partial charge in [0.2, 0.25) is 0 Å². The number of hydrogen-bond acceptors (Lipinski definition) is 3. The summed E-state index contributed by atoms with van der Waals surface area (Å²) in [5.74, 6) is 2.01. The Balaban J connectivity index is 2.09. The number of thiophene rings is 1. The van der Waals surface area contributed by atoms with Crippen LogP contribution in [0.4, 0.5) is 0 Å². The summed E-state index contributed by atoms with van der Waals surface area (Å²) in [6, 6.07) is 6.55. The normalized spacial score (nSPS) is 12.8. The van der Waals surface area contributed by atoms with Crippen LogP contribution in [0.2, 0.25) is 0 Å². The Morgan fingerprint density at radius 2 is 2.28 bits per heavy atom. The molecule has 0 radical (unpaired) electrons. The van der Waals surface area contributed by atoms with Crippen LogP contribution >= 0.6 is 27.3 Å². The van der Waals surface area contributed by atoms with Crippen molar-refractivity contribution in [1.82, 2.24) is 5.32 Å². The van der Waals surface area contributed by atoms with Gasteiger partial charge < -0.3 is 9.73 Å². The Bertz CT molecular complexity index is 491. The SMILES string of the molecule is CCCNC(Cc1cc(Br)cs1)c1ccc(C)o1. The van der Waals surface area contributed by atoms with Crippen LogP contribution in [-0.2, 0) is 6.42 Å². The lowest BCUT2D eigenvalue weighted by atomic mass is 10.1. The van der Waals surface area contributed by atoms with Gasteiger partial charge in [0.15, 0.2) is 0 Å². The molecule has 1 N–H and O–H groups in total. The molecule has 1 unspecified atom stereocenters. The van der Waals surface area contributed by atoms with Gasteiger partial charge in [-0.25, -0.2) is 0 Å². The summed E-state index contributed by atoms with van der Waals surface area (Å²) in [7, 11) is 0. The molecule has 18 heavy (non-hydrogen) atoms. The molecule has 0 aliphatic heterocycles. The van der Waals surface area contributed by atoms with Crippen LogP contribution in [0.5, 0.6) is 0 Å². The van der Waals surface area contributed by atoms with E-state index >= 15 is 0 Å². The van der Waals surface area contributed by atoms with Gasteiger partial charge in [0, 0.05) is 21.2 Å². The molecule has 98 valence electrons. The van der Waals surface area contributed by atoms with Crippen LogP contribution in [0.1, 0.15) is 35.8 Å². The Kier molecular flexibility index (Phi) is 5.03. The third-order valence-corrected chi connectivity index (χ3v) is 4.49. The molecule has 0 aromatic carbocycles. The Morgan fingerprint density at radius 3 is 2.83 bits per heavy atom. The first kappa shape index (κ1) is 13.8. The molecule has 4 heteroatoms. The van der Waals surface area contributed by atoms with Crippen molar-refractivity contribution >= 4 is 27.3 Å². The Morgan fingerprint density at radius 1 is 1.44 bits per heavy atom. The highest BCUT2D eigenvalue weighted by molar-refractivity contribution is 9.10. The lowest BCUT2D eigenvalue weighted by Crippen LogP contribution is -2.23. The molecule has 2 aromatic heterocycles. The van der Waals surface area contributed by atoms with E-state index in [1.807, 2.05) is 13.0 Å². The third kappa shape index (κ3) is 3.70.